The number of imide groups is 2. The lowest BCUT2D eigenvalue weighted by atomic mass is 10.0. The Morgan fingerprint density at radius 3 is 2.54 bits per heavy atom. The summed E-state index contributed by atoms with van der Waals surface area (Å²) < 4.78 is 1.93. The monoisotopic (exact) mass is 373 g/mol. The van der Waals surface area contributed by atoms with Crippen molar-refractivity contribution in [3.8, 4) is 0 Å². The number of hydrogen-bond donors (Lipinski definition) is 1. The third-order valence-electron chi connectivity index (χ3n) is 4.93. The lowest BCUT2D eigenvalue weighted by Gasteiger charge is -2.27. The highest BCUT2D eigenvalue weighted by Gasteiger charge is 2.37. The quantitative estimate of drug-likeness (QED) is 0.552. The summed E-state index contributed by atoms with van der Waals surface area (Å²) in [4.78, 5) is 39.0. The summed E-state index contributed by atoms with van der Waals surface area (Å²) in [6.07, 6.45) is 3.40. The Bertz CT molecular complexity index is 1190. The maximum absolute atomic E-state index is 13.1. The summed E-state index contributed by atoms with van der Waals surface area (Å²) in [6, 6.07) is 12.5. The fraction of sp³-hybridized carbons (Fsp3) is 0.136. The fourth-order valence-electron chi connectivity index (χ4n) is 3.48. The van der Waals surface area contributed by atoms with Crippen molar-refractivity contribution >= 4 is 40.5 Å². The van der Waals surface area contributed by atoms with Crippen LogP contribution in [0.1, 0.15) is 16.7 Å². The minimum atomic E-state index is -0.737. The molecule has 1 aliphatic heterocycles. The Balaban J connectivity index is 1.84. The van der Waals surface area contributed by atoms with Crippen LogP contribution in [0, 0.1) is 13.8 Å². The second kappa shape index (κ2) is 6.49. The molecule has 6 heteroatoms. The molecule has 1 N–H and O–H groups in total. The van der Waals surface area contributed by atoms with Crippen LogP contribution in [0.4, 0.5) is 10.5 Å². The molecule has 6 nitrogen and oxygen atoms in total. The molecule has 3 aromatic rings. The number of hydrogen-bond acceptors (Lipinski definition) is 3. The standard InChI is InChI=1S/C22H19N3O3/c1-13-8-9-14(2)19(10-13)25-21(27)17(20(26)23-22(25)28)11-15-12-24(3)18-7-5-4-6-16(15)18/h4-12H,1-3H3,(H,23,26,28)/b17-11+. The molecule has 1 saturated heterocycles. The molecule has 28 heavy (non-hydrogen) atoms. The molecule has 0 spiro atoms. The molecule has 0 atom stereocenters. The van der Waals surface area contributed by atoms with Gasteiger partial charge in [-0.05, 0) is 43.2 Å². The van der Waals surface area contributed by atoms with Gasteiger partial charge in [0.2, 0.25) is 0 Å². The number of amides is 4. The predicted molar refractivity (Wildman–Crippen MR) is 108 cm³/mol. The highest BCUT2D eigenvalue weighted by atomic mass is 16.2. The maximum atomic E-state index is 13.1. The minimum Gasteiger partial charge on any atom is -0.350 e. The molecule has 2 heterocycles. The maximum Gasteiger partial charge on any atom is 0.335 e. The first-order chi connectivity index (χ1) is 13.4. The van der Waals surface area contributed by atoms with E-state index in [1.165, 1.54) is 0 Å². The summed E-state index contributed by atoms with van der Waals surface area (Å²) in [5, 5.41) is 3.21. The molecule has 140 valence electrons. The van der Waals surface area contributed by atoms with E-state index in [-0.39, 0.29) is 5.57 Å². The highest BCUT2D eigenvalue weighted by molar-refractivity contribution is 6.39. The summed E-state index contributed by atoms with van der Waals surface area (Å²) in [5.41, 5.74) is 3.81. The van der Waals surface area contributed by atoms with E-state index in [0.29, 0.717) is 5.69 Å². The molecule has 1 fully saturated rings. The number of para-hydroxylation sites is 1. The van der Waals surface area contributed by atoms with Crippen LogP contribution in [0.3, 0.4) is 0 Å². The van der Waals surface area contributed by atoms with Gasteiger partial charge >= 0.3 is 6.03 Å². The van der Waals surface area contributed by atoms with E-state index in [1.807, 2.05) is 68.1 Å². The molecule has 4 amide bonds. The van der Waals surface area contributed by atoms with Gasteiger partial charge in [-0.2, -0.15) is 0 Å². The van der Waals surface area contributed by atoms with Gasteiger partial charge in [0.25, 0.3) is 11.8 Å². The van der Waals surface area contributed by atoms with Crippen molar-refractivity contribution in [2.24, 2.45) is 7.05 Å². The average Bonchev–Trinajstić information content (AvgIpc) is 2.97. The average molecular weight is 373 g/mol. The Labute approximate surface area is 162 Å². The van der Waals surface area contributed by atoms with Crippen molar-refractivity contribution in [2.75, 3.05) is 4.90 Å². The van der Waals surface area contributed by atoms with Gasteiger partial charge in [-0.1, -0.05) is 30.3 Å². The van der Waals surface area contributed by atoms with Gasteiger partial charge in [0.1, 0.15) is 5.57 Å². The number of barbiturate groups is 1. The summed E-state index contributed by atoms with van der Waals surface area (Å²) in [5.74, 6) is -1.32. The van der Waals surface area contributed by atoms with E-state index >= 15 is 0 Å². The van der Waals surface area contributed by atoms with E-state index in [1.54, 1.807) is 12.1 Å². The van der Waals surface area contributed by atoms with Gasteiger partial charge in [-0.25, -0.2) is 9.69 Å². The van der Waals surface area contributed by atoms with Crippen molar-refractivity contribution in [3.05, 3.63) is 70.9 Å². The van der Waals surface area contributed by atoms with Gasteiger partial charge in [0.15, 0.2) is 0 Å². The number of fused-ring (bicyclic) bond motifs is 1. The lowest BCUT2D eigenvalue weighted by Crippen LogP contribution is -2.54. The van der Waals surface area contributed by atoms with Crippen molar-refractivity contribution < 1.29 is 14.4 Å². The van der Waals surface area contributed by atoms with Gasteiger partial charge in [0.05, 0.1) is 5.69 Å². The summed E-state index contributed by atoms with van der Waals surface area (Å²) >= 11 is 0. The molecule has 1 aromatic heterocycles. The Morgan fingerprint density at radius 1 is 1.00 bits per heavy atom. The zero-order valence-corrected chi connectivity index (χ0v) is 15.8. The molecule has 4 rings (SSSR count). The molecule has 0 bridgehead atoms. The number of urea groups is 1. The first kappa shape index (κ1) is 17.7. The summed E-state index contributed by atoms with van der Waals surface area (Å²) in [7, 11) is 1.90. The third-order valence-corrected chi connectivity index (χ3v) is 4.93. The van der Waals surface area contributed by atoms with Crippen molar-refractivity contribution in [2.45, 2.75) is 13.8 Å². The smallest absolute Gasteiger partial charge is 0.335 e. The molecule has 0 saturated carbocycles. The molecule has 2 aromatic carbocycles. The second-order valence-corrected chi connectivity index (χ2v) is 6.96. The number of carbonyl (C=O) groups is 3. The van der Waals surface area contributed by atoms with Gasteiger partial charge < -0.3 is 4.57 Å². The second-order valence-electron chi connectivity index (χ2n) is 6.96. The zero-order chi connectivity index (χ0) is 20.0. The highest BCUT2D eigenvalue weighted by Crippen LogP contribution is 2.28. The van der Waals surface area contributed by atoms with Crippen molar-refractivity contribution in [1.29, 1.82) is 0 Å². The number of rotatable bonds is 2. The number of aromatic nitrogens is 1. The number of benzene rings is 2. The van der Waals surface area contributed by atoms with Crippen LogP contribution in [0.2, 0.25) is 0 Å². The summed E-state index contributed by atoms with van der Waals surface area (Å²) in [6.45, 7) is 3.70. The molecular formula is C22H19N3O3. The number of anilines is 1. The molecule has 0 unspecified atom stereocenters. The third kappa shape index (κ3) is 2.79. The van der Waals surface area contributed by atoms with Gasteiger partial charge in [-0.3, -0.25) is 14.9 Å². The van der Waals surface area contributed by atoms with Gasteiger partial charge in [0, 0.05) is 29.7 Å². The number of nitrogens with one attached hydrogen (secondary N) is 1. The Hall–Kier alpha value is -3.67. The van der Waals surface area contributed by atoms with Crippen LogP contribution < -0.4 is 10.2 Å². The van der Waals surface area contributed by atoms with Crippen molar-refractivity contribution in [3.63, 3.8) is 0 Å². The first-order valence-electron chi connectivity index (χ1n) is 8.89. The molecule has 0 radical (unpaired) electrons. The van der Waals surface area contributed by atoms with Crippen LogP contribution in [0.25, 0.3) is 17.0 Å². The Kier molecular flexibility index (Phi) is 4.11. The molecule has 0 aliphatic carbocycles. The first-order valence-corrected chi connectivity index (χ1v) is 8.89. The van der Waals surface area contributed by atoms with E-state index in [9.17, 15) is 14.4 Å². The van der Waals surface area contributed by atoms with Crippen LogP contribution >= 0.6 is 0 Å². The van der Waals surface area contributed by atoms with E-state index in [2.05, 4.69) is 5.32 Å². The van der Waals surface area contributed by atoms with Crippen LogP contribution in [-0.2, 0) is 16.6 Å². The predicted octanol–water partition coefficient (Wildman–Crippen LogP) is 3.46. The SMILES string of the molecule is Cc1ccc(C)c(N2C(=O)NC(=O)/C(=C\c3cn(C)c4ccccc34)C2=O)c1. The molecule has 1 aliphatic rings. The fourth-order valence-corrected chi connectivity index (χ4v) is 3.48. The van der Waals surface area contributed by atoms with Crippen LogP contribution in [0.5, 0.6) is 0 Å². The number of aryl methyl sites for hydroxylation is 3. The van der Waals surface area contributed by atoms with E-state index < -0.39 is 17.8 Å². The largest absolute Gasteiger partial charge is 0.350 e. The van der Waals surface area contributed by atoms with Crippen LogP contribution in [0.15, 0.2) is 54.2 Å². The number of carbonyl (C=O) groups excluding carboxylic acids is 3. The van der Waals surface area contributed by atoms with Crippen molar-refractivity contribution in [1.82, 2.24) is 9.88 Å². The van der Waals surface area contributed by atoms with E-state index in [4.69, 9.17) is 0 Å². The Morgan fingerprint density at radius 2 is 1.75 bits per heavy atom. The normalized spacial score (nSPS) is 16.2. The zero-order valence-electron chi connectivity index (χ0n) is 15.8. The minimum absolute atomic E-state index is 0.0724. The number of nitrogens with zero attached hydrogens (tertiary/aromatic N) is 2. The molecular weight excluding hydrogens is 354 g/mol. The van der Waals surface area contributed by atoms with E-state index in [0.717, 1.165) is 32.5 Å². The lowest BCUT2D eigenvalue weighted by molar-refractivity contribution is -0.122. The van der Waals surface area contributed by atoms with Gasteiger partial charge in [-0.15, -0.1) is 0 Å². The topological polar surface area (TPSA) is 71.4 Å². The van der Waals surface area contributed by atoms with Crippen LogP contribution in [-0.4, -0.2) is 22.4 Å².